The second-order valence-electron chi connectivity index (χ2n) is 6.59. The largest absolute Gasteiger partial charge is 0.381 e. The minimum Gasteiger partial charge on any atom is -0.381 e. The third-order valence-corrected chi connectivity index (χ3v) is 5.04. The minimum absolute atomic E-state index is 0.737. The molecule has 0 radical (unpaired) electrons. The Morgan fingerprint density at radius 3 is 2.83 bits per heavy atom. The zero-order valence-corrected chi connectivity index (χ0v) is 11.5. The van der Waals surface area contributed by atoms with Crippen LogP contribution in [0.5, 0.6) is 0 Å². The van der Waals surface area contributed by atoms with E-state index in [2.05, 4.69) is 10.6 Å². The molecule has 3 fully saturated rings. The molecule has 1 spiro atoms. The summed E-state index contributed by atoms with van der Waals surface area (Å²) in [6, 6.07) is 0. The average molecular weight is 252 g/mol. The second-order valence-corrected chi connectivity index (χ2v) is 6.59. The molecular weight excluding hydrogens is 224 g/mol. The lowest BCUT2D eigenvalue weighted by molar-refractivity contribution is 0.122. The molecule has 0 aromatic heterocycles. The monoisotopic (exact) mass is 252 g/mol. The molecule has 1 unspecified atom stereocenters. The highest BCUT2D eigenvalue weighted by atomic mass is 16.5. The molecule has 0 amide bonds. The lowest BCUT2D eigenvalue weighted by Crippen LogP contribution is -2.31. The standard InChI is InChI=1S/C15H28N2O/c1(9-18-12-13-2-3-13)6-17-11-14-10-15(14)4-7-16-8-5-15/h13-14,16-17H,1-12H2. The topological polar surface area (TPSA) is 33.3 Å². The van der Waals surface area contributed by atoms with Gasteiger partial charge in [-0.05, 0) is 82.0 Å². The first-order valence-corrected chi connectivity index (χ1v) is 7.88. The summed E-state index contributed by atoms with van der Waals surface area (Å²) >= 11 is 0. The van der Waals surface area contributed by atoms with Crippen molar-refractivity contribution in [3.05, 3.63) is 0 Å². The van der Waals surface area contributed by atoms with Gasteiger partial charge in [0.2, 0.25) is 0 Å². The third kappa shape index (κ3) is 3.46. The van der Waals surface area contributed by atoms with Gasteiger partial charge in [0.15, 0.2) is 0 Å². The summed E-state index contributed by atoms with van der Waals surface area (Å²) in [6.07, 6.45) is 8.26. The van der Waals surface area contributed by atoms with Crippen LogP contribution in [0.3, 0.4) is 0 Å². The zero-order valence-electron chi connectivity index (χ0n) is 11.5. The Morgan fingerprint density at radius 2 is 2.06 bits per heavy atom. The van der Waals surface area contributed by atoms with E-state index < -0.39 is 0 Å². The Balaban J connectivity index is 1.17. The fraction of sp³-hybridized carbons (Fsp3) is 1.00. The Kier molecular flexibility index (Phi) is 4.22. The highest BCUT2D eigenvalue weighted by Crippen LogP contribution is 2.58. The van der Waals surface area contributed by atoms with Crippen molar-refractivity contribution in [2.75, 3.05) is 39.4 Å². The summed E-state index contributed by atoms with van der Waals surface area (Å²) in [5.41, 5.74) is 0.737. The molecule has 1 saturated heterocycles. The first-order chi connectivity index (χ1) is 8.89. The van der Waals surface area contributed by atoms with Gasteiger partial charge >= 0.3 is 0 Å². The first kappa shape index (κ1) is 12.9. The van der Waals surface area contributed by atoms with Crippen LogP contribution in [0.2, 0.25) is 0 Å². The van der Waals surface area contributed by atoms with Gasteiger partial charge < -0.3 is 15.4 Å². The van der Waals surface area contributed by atoms with Crippen LogP contribution >= 0.6 is 0 Å². The van der Waals surface area contributed by atoms with Crippen LogP contribution in [0.4, 0.5) is 0 Å². The van der Waals surface area contributed by atoms with Crippen molar-refractivity contribution in [3.8, 4) is 0 Å². The number of ether oxygens (including phenoxy) is 1. The van der Waals surface area contributed by atoms with Crippen molar-refractivity contribution in [2.24, 2.45) is 17.3 Å². The molecule has 0 bridgehead atoms. The maximum absolute atomic E-state index is 5.64. The number of rotatable bonds is 8. The molecule has 2 aliphatic carbocycles. The normalized spacial score (nSPS) is 29.7. The molecule has 1 aliphatic heterocycles. The summed E-state index contributed by atoms with van der Waals surface area (Å²) < 4.78 is 5.64. The fourth-order valence-corrected chi connectivity index (χ4v) is 3.37. The van der Waals surface area contributed by atoms with E-state index >= 15 is 0 Å². The molecule has 18 heavy (non-hydrogen) atoms. The SMILES string of the molecule is C(CNCC1CC12CCNCC2)COCC1CC1. The number of nitrogens with one attached hydrogen (secondary N) is 2. The lowest BCUT2D eigenvalue weighted by Gasteiger charge is -2.23. The van der Waals surface area contributed by atoms with Crippen molar-refractivity contribution in [3.63, 3.8) is 0 Å². The molecular formula is C15H28N2O. The van der Waals surface area contributed by atoms with Crippen molar-refractivity contribution < 1.29 is 4.74 Å². The van der Waals surface area contributed by atoms with Crippen LogP contribution in [0.25, 0.3) is 0 Å². The van der Waals surface area contributed by atoms with Crippen LogP contribution in [-0.4, -0.2) is 39.4 Å². The molecule has 104 valence electrons. The number of hydrogen-bond acceptors (Lipinski definition) is 3. The van der Waals surface area contributed by atoms with E-state index in [1.54, 1.807) is 0 Å². The van der Waals surface area contributed by atoms with E-state index in [0.29, 0.717) is 0 Å². The third-order valence-electron chi connectivity index (χ3n) is 5.04. The van der Waals surface area contributed by atoms with Crippen molar-refractivity contribution in [1.82, 2.24) is 10.6 Å². The van der Waals surface area contributed by atoms with Crippen LogP contribution in [0.15, 0.2) is 0 Å². The van der Waals surface area contributed by atoms with Gasteiger partial charge in [0.05, 0.1) is 0 Å². The first-order valence-electron chi connectivity index (χ1n) is 7.88. The Hall–Kier alpha value is -0.120. The smallest absolute Gasteiger partial charge is 0.0494 e. The van der Waals surface area contributed by atoms with Gasteiger partial charge in [-0.2, -0.15) is 0 Å². The summed E-state index contributed by atoms with van der Waals surface area (Å²) in [4.78, 5) is 0. The van der Waals surface area contributed by atoms with Gasteiger partial charge in [-0.15, -0.1) is 0 Å². The van der Waals surface area contributed by atoms with Crippen LogP contribution < -0.4 is 10.6 Å². The highest BCUT2D eigenvalue weighted by molar-refractivity contribution is 5.04. The van der Waals surface area contributed by atoms with Crippen LogP contribution in [0.1, 0.15) is 38.5 Å². The van der Waals surface area contributed by atoms with E-state index in [-0.39, 0.29) is 0 Å². The Morgan fingerprint density at radius 1 is 1.22 bits per heavy atom. The van der Waals surface area contributed by atoms with Gasteiger partial charge in [-0.1, -0.05) is 0 Å². The van der Waals surface area contributed by atoms with Gasteiger partial charge in [0.25, 0.3) is 0 Å². The number of piperidine rings is 1. The summed E-state index contributed by atoms with van der Waals surface area (Å²) in [7, 11) is 0. The molecule has 2 N–H and O–H groups in total. The molecule has 3 nitrogen and oxygen atoms in total. The lowest BCUT2D eigenvalue weighted by atomic mass is 9.92. The van der Waals surface area contributed by atoms with E-state index in [1.165, 1.54) is 58.2 Å². The minimum atomic E-state index is 0.737. The van der Waals surface area contributed by atoms with Crippen molar-refractivity contribution in [2.45, 2.75) is 38.5 Å². The second kappa shape index (κ2) is 5.89. The summed E-state index contributed by atoms with van der Waals surface area (Å²) in [5, 5.41) is 7.09. The molecule has 1 heterocycles. The molecule has 3 heteroatoms. The fourth-order valence-electron chi connectivity index (χ4n) is 3.37. The van der Waals surface area contributed by atoms with Gasteiger partial charge in [0, 0.05) is 13.2 Å². The molecule has 1 atom stereocenters. The van der Waals surface area contributed by atoms with Crippen molar-refractivity contribution in [1.29, 1.82) is 0 Å². The van der Waals surface area contributed by atoms with Crippen molar-refractivity contribution >= 4 is 0 Å². The molecule has 3 rings (SSSR count). The van der Waals surface area contributed by atoms with Gasteiger partial charge in [0.1, 0.15) is 0 Å². The molecule has 3 aliphatic rings. The maximum atomic E-state index is 5.64. The maximum Gasteiger partial charge on any atom is 0.0494 e. The zero-order chi connectivity index (χ0) is 12.3. The Bertz CT molecular complexity index is 259. The van der Waals surface area contributed by atoms with E-state index in [9.17, 15) is 0 Å². The van der Waals surface area contributed by atoms with Gasteiger partial charge in [-0.25, -0.2) is 0 Å². The molecule has 2 saturated carbocycles. The van der Waals surface area contributed by atoms with E-state index in [1.807, 2.05) is 0 Å². The van der Waals surface area contributed by atoms with Crippen LogP contribution in [0, 0.1) is 17.3 Å². The predicted octanol–water partition coefficient (Wildman–Crippen LogP) is 1.78. The highest BCUT2D eigenvalue weighted by Gasteiger charge is 2.52. The summed E-state index contributed by atoms with van der Waals surface area (Å²) in [6.45, 7) is 6.82. The predicted molar refractivity (Wildman–Crippen MR) is 73.7 cm³/mol. The number of hydrogen-bond donors (Lipinski definition) is 2. The van der Waals surface area contributed by atoms with Crippen LogP contribution in [-0.2, 0) is 4.74 Å². The van der Waals surface area contributed by atoms with E-state index in [4.69, 9.17) is 4.74 Å². The van der Waals surface area contributed by atoms with E-state index in [0.717, 1.165) is 37.0 Å². The average Bonchev–Trinajstić information content (AvgIpc) is 3.29. The van der Waals surface area contributed by atoms with Gasteiger partial charge in [-0.3, -0.25) is 0 Å². The molecule has 0 aromatic carbocycles. The quantitative estimate of drug-likeness (QED) is 0.646. The molecule has 0 aromatic rings. The summed E-state index contributed by atoms with van der Waals surface area (Å²) in [5.74, 6) is 1.87. The Labute approximate surface area is 111 Å².